The van der Waals surface area contributed by atoms with Crippen molar-refractivity contribution in [2.75, 3.05) is 11.9 Å². The minimum absolute atomic E-state index is 0.253. The van der Waals surface area contributed by atoms with Crippen LogP contribution in [0.1, 0.15) is 19.2 Å². The summed E-state index contributed by atoms with van der Waals surface area (Å²) in [5.74, 6) is 1.38. The number of anilines is 1. The molecule has 0 saturated carbocycles. The molecule has 2 rings (SSSR count). The van der Waals surface area contributed by atoms with E-state index in [1.807, 2.05) is 0 Å². The fraction of sp³-hybridized carbons (Fsp3) is 0.444. The lowest BCUT2D eigenvalue weighted by atomic mass is 10.4. The zero-order valence-electron chi connectivity index (χ0n) is 8.74. The molecule has 0 unspecified atom stereocenters. The van der Waals surface area contributed by atoms with Crippen molar-refractivity contribution >= 4 is 11.5 Å². The second kappa shape index (κ2) is 3.72. The van der Waals surface area contributed by atoms with E-state index in [-0.39, 0.29) is 5.69 Å². The summed E-state index contributed by atoms with van der Waals surface area (Å²) < 4.78 is 1.44. The Morgan fingerprint density at radius 2 is 2.40 bits per heavy atom. The van der Waals surface area contributed by atoms with Gasteiger partial charge in [-0.15, -0.1) is 0 Å². The molecule has 2 aromatic rings. The molecule has 0 bridgehead atoms. The molecule has 2 aromatic heterocycles. The maximum absolute atomic E-state index is 11.3. The standard InChI is InChI=1S/C9H13N5O/c1-3-4-10-7-5-8-12-13-9(15)14(8)6(2)11-7/h5,10H,3-4H2,1-2H3,(H,13,15). The lowest BCUT2D eigenvalue weighted by Gasteiger charge is -2.05. The molecule has 0 aliphatic carbocycles. The van der Waals surface area contributed by atoms with Gasteiger partial charge in [0.25, 0.3) is 0 Å². The molecule has 0 aromatic carbocycles. The van der Waals surface area contributed by atoms with Crippen molar-refractivity contribution in [3.05, 3.63) is 22.4 Å². The lowest BCUT2D eigenvalue weighted by molar-refractivity contribution is 0.918. The summed E-state index contributed by atoms with van der Waals surface area (Å²) in [6.07, 6.45) is 1.03. The second-order valence-corrected chi connectivity index (χ2v) is 3.34. The van der Waals surface area contributed by atoms with Crippen molar-refractivity contribution in [3.63, 3.8) is 0 Å². The maximum Gasteiger partial charge on any atom is 0.349 e. The highest BCUT2D eigenvalue weighted by Gasteiger charge is 2.05. The highest BCUT2D eigenvalue weighted by molar-refractivity contribution is 5.49. The fourth-order valence-electron chi connectivity index (χ4n) is 1.44. The molecule has 0 fully saturated rings. The minimum Gasteiger partial charge on any atom is -0.370 e. The summed E-state index contributed by atoms with van der Waals surface area (Å²) in [7, 11) is 0. The van der Waals surface area contributed by atoms with Crippen LogP contribution in [0.5, 0.6) is 0 Å². The number of nitrogens with one attached hydrogen (secondary N) is 2. The average Bonchev–Trinajstić information content (AvgIpc) is 2.58. The Bertz CT molecular complexity index is 527. The van der Waals surface area contributed by atoms with Crippen LogP contribution in [0.2, 0.25) is 0 Å². The Labute approximate surface area is 86.3 Å². The van der Waals surface area contributed by atoms with Crippen LogP contribution in [0.15, 0.2) is 10.9 Å². The Morgan fingerprint density at radius 1 is 1.60 bits per heavy atom. The van der Waals surface area contributed by atoms with Crippen molar-refractivity contribution in [2.24, 2.45) is 0 Å². The van der Waals surface area contributed by atoms with Crippen LogP contribution in [0.4, 0.5) is 5.82 Å². The first kappa shape index (κ1) is 9.70. The number of aromatic amines is 1. The normalized spacial score (nSPS) is 10.8. The summed E-state index contributed by atoms with van der Waals surface area (Å²) in [6, 6.07) is 1.75. The topological polar surface area (TPSA) is 75.1 Å². The number of hydrogen-bond acceptors (Lipinski definition) is 4. The van der Waals surface area contributed by atoms with E-state index in [0.29, 0.717) is 11.5 Å². The first-order chi connectivity index (χ1) is 7.22. The molecule has 0 atom stereocenters. The molecule has 0 amide bonds. The van der Waals surface area contributed by atoms with Gasteiger partial charge >= 0.3 is 5.69 Å². The van der Waals surface area contributed by atoms with Crippen LogP contribution >= 0.6 is 0 Å². The maximum atomic E-state index is 11.3. The molecular formula is C9H13N5O. The molecule has 0 saturated heterocycles. The van der Waals surface area contributed by atoms with Gasteiger partial charge < -0.3 is 5.32 Å². The van der Waals surface area contributed by atoms with Crippen molar-refractivity contribution in [3.8, 4) is 0 Å². The van der Waals surface area contributed by atoms with E-state index < -0.39 is 0 Å². The minimum atomic E-state index is -0.253. The molecule has 0 radical (unpaired) electrons. The van der Waals surface area contributed by atoms with E-state index >= 15 is 0 Å². The first-order valence-corrected chi connectivity index (χ1v) is 4.91. The zero-order valence-corrected chi connectivity index (χ0v) is 8.74. The summed E-state index contributed by atoms with van der Waals surface area (Å²) in [5.41, 5.74) is 0.336. The Hall–Kier alpha value is -1.85. The fourth-order valence-corrected chi connectivity index (χ4v) is 1.44. The quantitative estimate of drug-likeness (QED) is 0.770. The summed E-state index contributed by atoms with van der Waals surface area (Å²) in [6.45, 7) is 4.72. The highest BCUT2D eigenvalue weighted by atomic mass is 16.1. The number of aryl methyl sites for hydroxylation is 1. The summed E-state index contributed by atoms with van der Waals surface area (Å²) in [4.78, 5) is 15.6. The second-order valence-electron chi connectivity index (χ2n) is 3.34. The number of hydrogen-bond donors (Lipinski definition) is 2. The van der Waals surface area contributed by atoms with Crippen molar-refractivity contribution in [1.29, 1.82) is 0 Å². The summed E-state index contributed by atoms with van der Waals surface area (Å²) >= 11 is 0. The van der Waals surface area contributed by atoms with Gasteiger partial charge in [-0.1, -0.05) is 6.92 Å². The van der Waals surface area contributed by atoms with Crippen molar-refractivity contribution in [2.45, 2.75) is 20.3 Å². The van der Waals surface area contributed by atoms with Crippen LogP contribution in [0.25, 0.3) is 5.65 Å². The number of aromatic nitrogens is 4. The SMILES string of the molecule is CCCNc1cc2n[nH]c(=O)n2c(C)n1. The van der Waals surface area contributed by atoms with E-state index in [0.717, 1.165) is 18.8 Å². The van der Waals surface area contributed by atoms with Gasteiger partial charge in [0, 0.05) is 12.6 Å². The third-order valence-electron chi connectivity index (χ3n) is 2.13. The van der Waals surface area contributed by atoms with Crippen LogP contribution in [-0.4, -0.2) is 26.1 Å². The molecule has 6 nitrogen and oxygen atoms in total. The molecule has 6 heteroatoms. The molecule has 0 aliphatic rings. The molecule has 2 N–H and O–H groups in total. The van der Waals surface area contributed by atoms with Crippen LogP contribution in [0.3, 0.4) is 0 Å². The molecular weight excluding hydrogens is 194 g/mol. The number of H-pyrrole nitrogens is 1. The van der Waals surface area contributed by atoms with E-state index in [4.69, 9.17) is 0 Å². The van der Waals surface area contributed by atoms with Crippen molar-refractivity contribution < 1.29 is 0 Å². The Morgan fingerprint density at radius 3 is 3.13 bits per heavy atom. The molecule has 15 heavy (non-hydrogen) atoms. The van der Waals surface area contributed by atoms with Gasteiger partial charge in [0.05, 0.1) is 0 Å². The van der Waals surface area contributed by atoms with Gasteiger partial charge in [0.2, 0.25) is 0 Å². The molecule has 2 heterocycles. The van der Waals surface area contributed by atoms with Crippen molar-refractivity contribution in [1.82, 2.24) is 19.6 Å². The van der Waals surface area contributed by atoms with Gasteiger partial charge in [-0.25, -0.2) is 19.3 Å². The predicted molar refractivity (Wildman–Crippen MR) is 57.1 cm³/mol. The van der Waals surface area contributed by atoms with Crippen LogP contribution in [-0.2, 0) is 0 Å². The van der Waals surface area contributed by atoms with Gasteiger partial charge in [0.15, 0.2) is 5.65 Å². The zero-order chi connectivity index (χ0) is 10.8. The van der Waals surface area contributed by atoms with E-state index in [1.165, 1.54) is 4.40 Å². The summed E-state index contributed by atoms with van der Waals surface area (Å²) in [5, 5.41) is 9.44. The van der Waals surface area contributed by atoms with Gasteiger partial charge in [-0.2, -0.15) is 5.10 Å². The monoisotopic (exact) mass is 207 g/mol. The van der Waals surface area contributed by atoms with Gasteiger partial charge in [-0.3, -0.25) is 0 Å². The van der Waals surface area contributed by atoms with E-state index in [9.17, 15) is 4.79 Å². The lowest BCUT2D eigenvalue weighted by Crippen LogP contribution is -2.14. The Balaban J connectivity index is 2.49. The first-order valence-electron chi connectivity index (χ1n) is 4.91. The van der Waals surface area contributed by atoms with E-state index in [2.05, 4.69) is 27.4 Å². The predicted octanol–water partition coefficient (Wildman–Crippen LogP) is 0.548. The van der Waals surface area contributed by atoms with E-state index in [1.54, 1.807) is 13.0 Å². The van der Waals surface area contributed by atoms with Gasteiger partial charge in [-0.05, 0) is 13.3 Å². The highest BCUT2D eigenvalue weighted by Crippen LogP contribution is 2.07. The van der Waals surface area contributed by atoms with Crippen LogP contribution in [0, 0.1) is 6.92 Å². The average molecular weight is 207 g/mol. The Kier molecular flexibility index (Phi) is 2.40. The third kappa shape index (κ3) is 1.70. The number of nitrogens with zero attached hydrogens (tertiary/aromatic N) is 3. The number of rotatable bonds is 3. The number of fused-ring (bicyclic) bond motifs is 1. The molecule has 0 aliphatic heterocycles. The largest absolute Gasteiger partial charge is 0.370 e. The van der Waals surface area contributed by atoms with Gasteiger partial charge in [0.1, 0.15) is 11.6 Å². The molecule has 80 valence electrons. The van der Waals surface area contributed by atoms with Crippen LogP contribution < -0.4 is 11.0 Å². The molecule has 0 spiro atoms. The smallest absolute Gasteiger partial charge is 0.349 e. The third-order valence-corrected chi connectivity index (χ3v) is 2.13.